The molecular formula is C30H26Y-2. The van der Waals surface area contributed by atoms with Gasteiger partial charge in [-0.3, -0.25) is 0 Å². The van der Waals surface area contributed by atoms with Crippen LogP contribution < -0.4 is 0 Å². The van der Waals surface area contributed by atoms with Crippen molar-refractivity contribution in [3.63, 3.8) is 0 Å². The predicted molar refractivity (Wildman–Crippen MR) is 123 cm³/mol. The summed E-state index contributed by atoms with van der Waals surface area (Å²) in [7, 11) is 0. The molecule has 151 valence electrons. The van der Waals surface area contributed by atoms with Crippen LogP contribution in [0.25, 0.3) is 21.5 Å². The Bertz CT molecular complexity index is 1160. The van der Waals surface area contributed by atoms with Gasteiger partial charge in [0.15, 0.2) is 0 Å². The zero-order chi connectivity index (χ0) is 19.7. The summed E-state index contributed by atoms with van der Waals surface area (Å²) < 4.78 is 0. The summed E-state index contributed by atoms with van der Waals surface area (Å²) in [5, 5.41) is 5.19. The van der Waals surface area contributed by atoms with Gasteiger partial charge in [0.1, 0.15) is 0 Å². The van der Waals surface area contributed by atoms with Crippen LogP contribution in [0.1, 0.15) is 43.2 Å². The van der Waals surface area contributed by atoms with Crippen LogP contribution in [-0.2, 0) is 38.1 Å². The number of rotatable bonds is 2. The molecule has 31 heavy (non-hydrogen) atoms. The van der Waals surface area contributed by atoms with Gasteiger partial charge in [-0.2, -0.15) is 23.8 Å². The van der Waals surface area contributed by atoms with Crippen molar-refractivity contribution in [1.29, 1.82) is 0 Å². The molecule has 1 heteroatoms. The van der Waals surface area contributed by atoms with Crippen LogP contribution in [0.2, 0.25) is 0 Å². The van der Waals surface area contributed by atoms with Crippen LogP contribution in [0.5, 0.6) is 0 Å². The molecule has 4 aromatic carbocycles. The van der Waals surface area contributed by atoms with E-state index in [2.05, 4.69) is 84.9 Å². The van der Waals surface area contributed by atoms with E-state index in [1.165, 1.54) is 64.8 Å². The Balaban J connectivity index is 0.00000185. The largest absolute Gasteiger partial charge is 0.179 e. The fourth-order valence-electron chi connectivity index (χ4n) is 7.67. The summed E-state index contributed by atoms with van der Waals surface area (Å²) in [6.45, 7) is 0. The smallest absolute Gasteiger partial charge is 0 e. The molecule has 4 fully saturated rings. The monoisotopic (exact) mass is 475 g/mol. The van der Waals surface area contributed by atoms with Gasteiger partial charge in [-0.15, -0.1) is 63.5 Å². The van der Waals surface area contributed by atoms with Crippen molar-refractivity contribution in [3.05, 3.63) is 96.1 Å². The SMILES string of the molecule is [Y].[c-]1cc2ccccc2cc1C1(c2[c-]c3ccccc3cc2)C2CC3CC(C2)CC1C3. The van der Waals surface area contributed by atoms with E-state index in [4.69, 9.17) is 0 Å². The normalized spacial score (nSPS) is 31.1. The minimum absolute atomic E-state index is 0. The Morgan fingerprint density at radius 3 is 2.03 bits per heavy atom. The second kappa shape index (κ2) is 7.53. The molecule has 0 spiro atoms. The van der Waals surface area contributed by atoms with Crippen molar-refractivity contribution in [2.75, 3.05) is 0 Å². The molecular weight excluding hydrogens is 449 g/mol. The predicted octanol–water partition coefficient (Wildman–Crippen LogP) is 7.33. The molecule has 4 aromatic rings. The van der Waals surface area contributed by atoms with Crippen molar-refractivity contribution in [3.8, 4) is 0 Å². The Kier molecular flexibility index (Phi) is 4.89. The molecule has 0 unspecified atom stereocenters. The van der Waals surface area contributed by atoms with Crippen LogP contribution in [0, 0.1) is 35.8 Å². The molecule has 0 aliphatic heterocycles. The Morgan fingerprint density at radius 2 is 1.29 bits per heavy atom. The van der Waals surface area contributed by atoms with Crippen molar-refractivity contribution < 1.29 is 32.7 Å². The molecule has 0 nitrogen and oxygen atoms in total. The Morgan fingerprint density at radius 1 is 0.645 bits per heavy atom. The third-order valence-electron chi connectivity index (χ3n) is 8.66. The standard InChI is InChI=1S/C30H26.Y/c1-3-7-24-18-26(11-9-22(24)5-1)30(27-12-10-23-6-2-4-8-25(23)19-27)28-14-20-13-21(16-28)17-29(30)15-20;/h1-11,19-21,28-29H,13-17H2;/q-2;. The average molecular weight is 475 g/mol. The first-order valence-electron chi connectivity index (χ1n) is 11.6. The van der Waals surface area contributed by atoms with Gasteiger partial charge in [-0.05, 0) is 61.2 Å². The van der Waals surface area contributed by atoms with E-state index >= 15 is 0 Å². The van der Waals surface area contributed by atoms with Crippen LogP contribution in [-0.4, -0.2) is 0 Å². The minimum atomic E-state index is 0. The van der Waals surface area contributed by atoms with Gasteiger partial charge in [-0.25, -0.2) is 0 Å². The summed E-state index contributed by atoms with van der Waals surface area (Å²) in [4.78, 5) is 0. The van der Waals surface area contributed by atoms with E-state index in [0.29, 0.717) is 0 Å². The summed E-state index contributed by atoms with van der Waals surface area (Å²) in [5.74, 6) is 3.34. The molecule has 0 amide bonds. The topological polar surface area (TPSA) is 0 Å². The van der Waals surface area contributed by atoms with Crippen LogP contribution in [0.4, 0.5) is 0 Å². The molecule has 0 heterocycles. The van der Waals surface area contributed by atoms with E-state index in [-0.39, 0.29) is 38.1 Å². The first-order chi connectivity index (χ1) is 14.8. The summed E-state index contributed by atoms with van der Waals surface area (Å²) >= 11 is 0. The first kappa shape index (κ1) is 20.1. The first-order valence-corrected chi connectivity index (χ1v) is 11.6. The molecule has 0 atom stereocenters. The van der Waals surface area contributed by atoms with Crippen LogP contribution >= 0.6 is 0 Å². The molecule has 4 aliphatic carbocycles. The third-order valence-corrected chi connectivity index (χ3v) is 8.66. The molecule has 4 aliphatic rings. The fraction of sp³-hybridized carbons (Fsp3) is 0.333. The quantitative estimate of drug-likeness (QED) is 0.266. The van der Waals surface area contributed by atoms with Gasteiger partial charge in [0.25, 0.3) is 0 Å². The second-order valence-corrected chi connectivity index (χ2v) is 10.1. The fourth-order valence-corrected chi connectivity index (χ4v) is 7.67. The molecule has 8 rings (SSSR count). The van der Waals surface area contributed by atoms with Gasteiger partial charge >= 0.3 is 0 Å². The third kappa shape index (κ3) is 2.94. The van der Waals surface area contributed by atoms with Gasteiger partial charge in [0, 0.05) is 32.7 Å². The summed E-state index contributed by atoms with van der Waals surface area (Å²) in [6, 6.07) is 34.6. The van der Waals surface area contributed by atoms with Crippen molar-refractivity contribution in [2.24, 2.45) is 23.7 Å². The van der Waals surface area contributed by atoms with Crippen molar-refractivity contribution >= 4 is 21.5 Å². The molecule has 0 aromatic heterocycles. The summed E-state index contributed by atoms with van der Waals surface area (Å²) in [5.41, 5.74) is 2.91. The number of fused-ring (bicyclic) bond motifs is 2. The zero-order valence-electron chi connectivity index (χ0n) is 17.9. The molecule has 4 saturated carbocycles. The number of benzene rings is 4. The Labute approximate surface area is 210 Å². The summed E-state index contributed by atoms with van der Waals surface area (Å²) in [6.07, 6.45) is 7.01. The van der Waals surface area contributed by atoms with Gasteiger partial charge < -0.3 is 0 Å². The van der Waals surface area contributed by atoms with E-state index < -0.39 is 0 Å². The van der Waals surface area contributed by atoms with Crippen molar-refractivity contribution in [2.45, 2.75) is 37.5 Å². The van der Waals surface area contributed by atoms with Crippen LogP contribution in [0.3, 0.4) is 0 Å². The zero-order valence-corrected chi connectivity index (χ0v) is 20.7. The minimum Gasteiger partial charge on any atom is -0.179 e. The van der Waals surface area contributed by atoms with Crippen molar-refractivity contribution in [1.82, 2.24) is 0 Å². The second-order valence-electron chi connectivity index (χ2n) is 10.1. The van der Waals surface area contributed by atoms with E-state index in [0.717, 1.165) is 23.7 Å². The molecule has 0 saturated heterocycles. The average Bonchev–Trinajstić information content (AvgIpc) is 2.78. The van der Waals surface area contributed by atoms with Gasteiger partial charge in [0.05, 0.1) is 0 Å². The maximum Gasteiger partial charge on any atom is 0 e. The van der Waals surface area contributed by atoms with Gasteiger partial charge in [0.2, 0.25) is 0 Å². The number of hydrogen-bond donors (Lipinski definition) is 0. The van der Waals surface area contributed by atoms with Gasteiger partial charge in [-0.1, -0.05) is 30.3 Å². The van der Waals surface area contributed by atoms with E-state index in [9.17, 15) is 0 Å². The Hall–Kier alpha value is -1.50. The number of hydrogen-bond acceptors (Lipinski definition) is 0. The van der Waals surface area contributed by atoms with E-state index in [1.807, 2.05) is 0 Å². The van der Waals surface area contributed by atoms with Crippen LogP contribution in [0.15, 0.2) is 72.8 Å². The molecule has 4 bridgehead atoms. The molecule has 0 N–H and O–H groups in total. The molecule has 1 radical (unpaired) electrons. The van der Waals surface area contributed by atoms with E-state index in [1.54, 1.807) is 0 Å². The maximum atomic E-state index is 3.92. The maximum absolute atomic E-state index is 3.92.